The third kappa shape index (κ3) is 3.08. The average Bonchev–Trinajstić information content (AvgIpc) is 2.82. The van der Waals surface area contributed by atoms with Gasteiger partial charge < -0.3 is 5.32 Å². The number of aromatic amines is 1. The van der Waals surface area contributed by atoms with Gasteiger partial charge in [-0.25, -0.2) is 9.97 Å². The Hall–Kier alpha value is -1.95. The summed E-state index contributed by atoms with van der Waals surface area (Å²) in [5.41, 5.74) is 1.23. The normalized spacial score (nSPS) is 10.8. The standard InChI is InChI=1S/C12H14ClN5O/c1-6(2)10-16-11(18-17-10)12(19)15-8-4-5-9(13)14-7(8)3/h4-6H,1-3H3,(H,15,19)(H,16,17,18). The van der Waals surface area contributed by atoms with Gasteiger partial charge in [0, 0.05) is 5.92 Å². The van der Waals surface area contributed by atoms with Crippen LogP contribution in [0, 0.1) is 6.92 Å². The van der Waals surface area contributed by atoms with Crippen LogP contribution in [0.2, 0.25) is 5.15 Å². The van der Waals surface area contributed by atoms with E-state index in [0.29, 0.717) is 22.4 Å². The van der Waals surface area contributed by atoms with Crippen LogP contribution in [-0.4, -0.2) is 26.1 Å². The Kier molecular flexibility index (Phi) is 3.80. The minimum atomic E-state index is -0.379. The van der Waals surface area contributed by atoms with Crippen molar-refractivity contribution in [2.75, 3.05) is 5.32 Å². The van der Waals surface area contributed by atoms with Crippen molar-refractivity contribution in [3.8, 4) is 0 Å². The lowest BCUT2D eigenvalue weighted by molar-refractivity contribution is 0.101. The molecule has 7 heteroatoms. The lowest BCUT2D eigenvalue weighted by Crippen LogP contribution is -2.15. The van der Waals surface area contributed by atoms with Crippen LogP contribution >= 0.6 is 11.6 Å². The first-order valence-electron chi connectivity index (χ1n) is 5.84. The summed E-state index contributed by atoms with van der Waals surface area (Å²) in [6, 6.07) is 3.31. The number of nitrogens with one attached hydrogen (secondary N) is 2. The van der Waals surface area contributed by atoms with E-state index in [4.69, 9.17) is 11.6 Å². The van der Waals surface area contributed by atoms with E-state index >= 15 is 0 Å². The molecule has 0 aliphatic carbocycles. The Morgan fingerprint density at radius 1 is 1.37 bits per heavy atom. The molecule has 2 aromatic rings. The lowest BCUT2D eigenvalue weighted by Gasteiger charge is -2.05. The second-order valence-electron chi connectivity index (χ2n) is 4.42. The highest BCUT2D eigenvalue weighted by atomic mass is 35.5. The zero-order chi connectivity index (χ0) is 14.0. The molecule has 2 rings (SSSR count). The number of aryl methyl sites for hydroxylation is 1. The van der Waals surface area contributed by atoms with Gasteiger partial charge in [0.2, 0.25) is 5.82 Å². The van der Waals surface area contributed by atoms with Gasteiger partial charge in [0.25, 0.3) is 5.91 Å². The molecule has 0 fully saturated rings. The molecular formula is C12H14ClN5O. The first-order valence-corrected chi connectivity index (χ1v) is 6.22. The molecule has 0 saturated carbocycles. The van der Waals surface area contributed by atoms with Crippen molar-refractivity contribution in [3.05, 3.63) is 34.6 Å². The summed E-state index contributed by atoms with van der Waals surface area (Å²) in [5.74, 6) is 0.595. The van der Waals surface area contributed by atoms with Gasteiger partial charge in [0.15, 0.2) is 0 Å². The van der Waals surface area contributed by atoms with Crippen LogP contribution in [0.1, 0.15) is 41.9 Å². The van der Waals surface area contributed by atoms with Gasteiger partial charge in [-0.2, -0.15) is 0 Å². The predicted octanol–water partition coefficient (Wildman–Crippen LogP) is 2.54. The topological polar surface area (TPSA) is 83.6 Å². The summed E-state index contributed by atoms with van der Waals surface area (Å²) in [5, 5.41) is 9.71. The van der Waals surface area contributed by atoms with Gasteiger partial charge in [0.1, 0.15) is 11.0 Å². The number of aromatic nitrogens is 4. The van der Waals surface area contributed by atoms with Crippen molar-refractivity contribution in [1.82, 2.24) is 20.2 Å². The average molecular weight is 280 g/mol. The van der Waals surface area contributed by atoms with E-state index in [1.165, 1.54) is 0 Å². The molecule has 0 aromatic carbocycles. The summed E-state index contributed by atoms with van der Waals surface area (Å²) >= 11 is 5.76. The molecule has 0 atom stereocenters. The number of H-pyrrole nitrogens is 1. The monoisotopic (exact) mass is 279 g/mol. The Morgan fingerprint density at radius 2 is 2.11 bits per heavy atom. The molecule has 0 aliphatic rings. The summed E-state index contributed by atoms with van der Waals surface area (Å²) in [7, 11) is 0. The maximum atomic E-state index is 12.0. The maximum Gasteiger partial charge on any atom is 0.295 e. The number of nitrogens with zero attached hydrogens (tertiary/aromatic N) is 3. The summed E-state index contributed by atoms with van der Waals surface area (Å²) < 4.78 is 0. The van der Waals surface area contributed by atoms with Gasteiger partial charge in [0.05, 0.1) is 11.4 Å². The van der Waals surface area contributed by atoms with Crippen LogP contribution in [0.4, 0.5) is 5.69 Å². The fourth-order valence-electron chi connectivity index (χ4n) is 1.47. The number of hydrogen-bond donors (Lipinski definition) is 2. The second-order valence-corrected chi connectivity index (χ2v) is 4.81. The van der Waals surface area contributed by atoms with Gasteiger partial charge >= 0.3 is 0 Å². The lowest BCUT2D eigenvalue weighted by atomic mass is 10.2. The number of carbonyl (C=O) groups excluding carboxylic acids is 1. The second kappa shape index (κ2) is 5.36. The van der Waals surface area contributed by atoms with Crippen molar-refractivity contribution in [2.24, 2.45) is 0 Å². The molecule has 19 heavy (non-hydrogen) atoms. The van der Waals surface area contributed by atoms with Crippen molar-refractivity contribution < 1.29 is 4.79 Å². The fraction of sp³-hybridized carbons (Fsp3) is 0.333. The number of pyridine rings is 1. The third-order valence-corrected chi connectivity index (χ3v) is 2.76. The van der Waals surface area contributed by atoms with E-state index in [1.807, 2.05) is 13.8 Å². The minimum Gasteiger partial charge on any atom is -0.318 e. The van der Waals surface area contributed by atoms with Crippen molar-refractivity contribution >= 4 is 23.2 Å². The minimum absolute atomic E-state index is 0.109. The van der Waals surface area contributed by atoms with E-state index < -0.39 is 0 Å². The van der Waals surface area contributed by atoms with Gasteiger partial charge in [-0.3, -0.25) is 9.89 Å². The number of amides is 1. The van der Waals surface area contributed by atoms with Crippen LogP contribution in [-0.2, 0) is 0 Å². The highest BCUT2D eigenvalue weighted by molar-refractivity contribution is 6.29. The molecule has 2 heterocycles. The Bertz CT molecular complexity index is 608. The number of halogens is 1. The van der Waals surface area contributed by atoms with Gasteiger partial charge in [-0.15, -0.1) is 5.10 Å². The van der Waals surface area contributed by atoms with Crippen molar-refractivity contribution in [2.45, 2.75) is 26.7 Å². The summed E-state index contributed by atoms with van der Waals surface area (Å²) in [6.45, 7) is 5.70. The largest absolute Gasteiger partial charge is 0.318 e. The number of hydrogen-bond acceptors (Lipinski definition) is 4. The number of anilines is 1. The zero-order valence-electron chi connectivity index (χ0n) is 10.9. The number of rotatable bonds is 3. The molecule has 100 valence electrons. The third-order valence-electron chi connectivity index (χ3n) is 2.55. The van der Waals surface area contributed by atoms with Crippen molar-refractivity contribution in [1.29, 1.82) is 0 Å². The fourth-order valence-corrected chi connectivity index (χ4v) is 1.66. The van der Waals surface area contributed by atoms with Gasteiger partial charge in [-0.1, -0.05) is 25.4 Å². The van der Waals surface area contributed by atoms with Crippen LogP contribution in [0.5, 0.6) is 0 Å². The predicted molar refractivity (Wildman–Crippen MR) is 72.4 cm³/mol. The van der Waals surface area contributed by atoms with E-state index in [2.05, 4.69) is 25.5 Å². The highest BCUT2D eigenvalue weighted by Crippen LogP contribution is 2.16. The van der Waals surface area contributed by atoms with Crippen LogP contribution in [0.3, 0.4) is 0 Å². The molecule has 2 N–H and O–H groups in total. The van der Waals surface area contributed by atoms with E-state index in [1.54, 1.807) is 19.1 Å². The zero-order valence-corrected chi connectivity index (χ0v) is 11.6. The summed E-state index contributed by atoms with van der Waals surface area (Å²) in [6.07, 6.45) is 0. The van der Waals surface area contributed by atoms with E-state index in [0.717, 1.165) is 0 Å². The van der Waals surface area contributed by atoms with Crippen LogP contribution in [0.15, 0.2) is 12.1 Å². The highest BCUT2D eigenvalue weighted by Gasteiger charge is 2.15. The molecule has 0 spiro atoms. The molecule has 0 saturated heterocycles. The molecule has 2 aromatic heterocycles. The smallest absolute Gasteiger partial charge is 0.295 e. The number of carbonyl (C=O) groups is 1. The van der Waals surface area contributed by atoms with E-state index in [-0.39, 0.29) is 17.6 Å². The maximum absolute atomic E-state index is 12.0. The van der Waals surface area contributed by atoms with Gasteiger partial charge in [-0.05, 0) is 19.1 Å². The van der Waals surface area contributed by atoms with Crippen LogP contribution in [0.25, 0.3) is 0 Å². The Balaban J connectivity index is 2.16. The summed E-state index contributed by atoms with van der Waals surface area (Å²) in [4.78, 5) is 20.2. The van der Waals surface area contributed by atoms with E-state index in [9.17, 15) is 4.79 Å². The quantitative estimate of drug-likeness (QED) is 0.846. The molecular weight excluding hydrogens is 266 g/mol. The molecule has 1 amide bonds. The first kappa shape index (κ1) is 13.5. The molecule has 6 nitrogen and oxygen atoms in total. The first-order chi connectivity index (χ1) is 8.97. The Labute approximate surface area is 115 Å². The molecule has 0 unspecified atom stereocenters. The Morgan fingerprint density at radius 3 is 2.68 bits per heavy atom. The van der Waals surface area contributed by atoms with Crippen molar-refractivity contribution in [3.63, 3.8) is 0 Å². The molecule has 0 bridgehead atoms. The SMILES string of the molecule is Cc1nc(Cl)ccc1NC(=O)c1n[nH]c(C(C)C)n1. The van der Waals surface area contributed by atoms with Crippen LogP contribution < -0.4 is 5.32 Å². The molecule has 0 aliphatic heterocycles. The molecule has 0 radical (unpaired) electrons.